The van der Waals surface area contributed by atoms with Crippen LogP contribution in [0.1, 0.15) is 15.9 Å². The molecule has 1 aromatic rings. The lowest BCUT2D eigenvalue weighted by Gasteiger charge is -2.20. The lowest BCUT2D eigenvalue weighted by molar-refractivity contribution is -0.140. The number of nitrogens with zero attached hydrogens (tertiary/aromatic N) is 1. The summed E-state index contributed by atoms with van der Waals surface area (Å²) in [6.45, 7) is 0. The Hall–Kier alpha value is -2.45. The Kier molecular flexibility index (Phi) is 2.76. The van der Waals surface area contributed by atoms with E-state index in [0.29, 0.717) is 6.07 Å². The van der Waals surface area contributed by atoms with Crippen LogP contribution < -0.4 is 5.32 Å². The number of fused-ring (bicyclic) bond motifs is 1. The SMILES string of the molecule is O=C1Nc2ccc(F)c(C(F)(F)F)c2C(=O)C1=NO. The normalized spacial score (nSPS) is 17.4. The number of Topliss-reactive ketones (excluding diaryl/α,β-unsaturated/α-hetero) is 1. The van der Waals surface area contributed by atoms with Gasteiger partial charge in [0.15, 0.2) is 0 Å². The van der Waals surface area contributed by atoms with Gasteiger partial charge in [0.1, 0.15) is 11.4 Å². The number of alkyl halides is 3. The van der Waals surface area contributed by atoms with Gasteiger partial charge in [-0.3, -0.25) is 9.59 Å². The number of carbonyl (C=O) groups excluding carboxylic acids is 2. The van der Waals surface area contributed by atoms with Crippen molar-refractivity contribution in [3.05, 3.63) is 29.1 Å². The van der Waals surface area contributed by atoms with Gasteiger partial charge in [0, 0.05) is 0 Å². The fourth-order valence-corrected chi connectivity index (χ4v) is 1.69. The fourth-order valence-electron chi connectivity index (χ4n) is 1.69. The topological polar surface area (TPSA) is 78.8 Å². The molecule has 0 aliphatic carbocycles. The Morgan fingerprint density at radius 2 is 1.84 bits per heavy atom. The Morgan fingerprint density at radius 1 is 1.21 bits per heavy atom. The molecule has 1 amide bonds. The summed E-state index contributed by atoms with van der Waals surface area (Å²) in [6, 6.07) is 1.31. The molecule has 1 aliphatic heterocycles. The molecule has 0 radical (unpaired) electrons. The number of ketones is 1. The standard InChI is InChI=1S/C10H4F4N2O3/c11-3-1-2-4-5(6(3)10(12,13)14)8(17)7(16-19)9(18)15-4/h1-2,19H,(H,15,18). The highest BCUT2D eigenvalue weighted by Gasteiger charge is 2.44. The molecule has 0 saturated carbocycles. The number of halogens is 4. The smallest absolute Gasteiger partial charge is 0.410 e. The Balaban J connectivity index is 2.79. The third-order valence-electron chi connectivity index (χ3n) is 2.44. The third-order valence-corrected chi connectivity index (χ3v) is 2.44. The van der Waals surface area contributed by atoms with Crippen molar-refractivity contribution in [2.24, 2.45) is 5.16 Å². The summed E-state index contributed by atoms with van der Waals surface area (Å²) in [6.07, 6.45) is -5.13. The van der Waals surface area contributed by atoms with E-state index < -0.39 is 46.2 Å². The summed E-state index contributed by atoms with van der Waals surface area (Å²) in [5.74, 6) is -4.32. The molecule has 19 heavy (non-hydrogen) atoms. The van der Waals surface area contributed by atoms with Crippen LogP contribution in [-0.4, -0.2) is 22.6 Å². The van der Waals surface area contributed by atoms with E-state index >= 15 is 0 Å². The van der Waals surface area contributed by atoms with Gasteiger partial charge in [-0.25, -0.2) is 4.39 Å². The molecule has 0 bridgehead atoms. The van der Waals surface area contributed by atoms with E-state index in [1.807, 2.05) is 5.32 Å². The molecule has 2 rings (SSSR count). The lowest BCUT2D eigenvalue weighted by Crippen LogP contribution is -2.37. The maximum atomic E-state index is 13.3. The molecule has 0 fully saturated rings. The van der Waals surface area contributed by atoms with Crippen molar-refractivity contribution in [3.63, 3.8) is 0 Å². The van der Waals surface area contributed by atoms with E-state index in [-0.39, 0.29) is 0 Å². The first-order valence-electron chi connectivity index (χ1n) is 4.75. The van der Waals surface area contributed by atoms with Crippen molar-refractivity contribution in [1.82, 2.24) is 0 Å². The second-order valence-electron chi connectivity index (χ2n) is 3.57. The molecule has 1 aromatic carbocycles. The van der Waals surface area contributed by atoms with Crippen LogP contribution >= 0.6 is 0 Å². The van der Waals surface area contributed by atoms with Crippen molar-refractivity contribution < 1.29 is 32.4 Å². The summed E-state index contributed by atoms with van der Waals surface area (Å²) in [4.78, 5) is 22.9. The quantitative estimate of drug-likeness (QED) is 0.431. The molecule has 0 saturated heterocycles. The van der Waals surface area contributed by atoms with E-state index in [0.717, 1.165) is 6.07 Å². The largest absolute Gasteiger partial charge is 0.420 e. The van der Waals surface area contributed by atoms with Gasteiger partial charge in [0.05, 0.1) is 11.3 Å². The first kappa shape index (κ1) is 13.0. The van der Waals surface area contributed by atoms with Crippen molar-refractivity contribution >= 4 is 23.1 Å². The minimum atomic E-state index is -5.13. The molecular weight excluding hydrogens is 272 g/mol. The summed E-state index contributed by atoms with van der Waals surface area (Å²) >= 11 is 0. The number of hydrogen-bond donors (Lipinski definition) is 2. The number of rotatable bonds is 0. The maximum absolute atomic E-state index is 13.3. The van der Waals surface area contributed by atoms with E-state index in [4.69, 9.17) is 5.21 Å². The Labute approximate surface area is 102 Å². The molecule has 9 heteroatoms. The average Bonchev–Trinajstić information content (AvgIpc) is 2.29. The Morgan fingerprint density at radius 3 is 2.37 bits per heavy atom. The van der Waals surface area contributed by atoms with Crippen LogP contribution in [0, 0.1) is 5.82 Å². The molecule has 0 spiro atoms. The molecule has 0 aromatic heterocycles. The van der Waals surface area contributed by atoms with Gasteiger partial charge < -0.3 is 10.5 Å². The zero-order valence-corrected chi connectivity index (χ0v) is 8.88. The molecule has 0 atom stereocenters. The lowest BCUT2D eigenvalue weighted by atomic mass is 9.94. The third kappa shape index (κ3) is 1.92. The van der Waals surface area contributed by atoms with Gasteiger partial charge in [-0.2, -0.15) is 13.2 Å². The van der Waals surface area contributed by atoms with Crippen LogP contribution in [0.2, 0.25) is 0 Å². The van der Waals surface area contributed by atoms with E-state index in [1.54, 1.807) is 0 Å². The second kappa shape index (κ2) is 4.04. The van der Waals surface area contributed by atoms with Gasteiger partial charge in [-0.1, -0.05) is 5.16 Å². The van der Waals surface area contributed by atoms with Gasteiger partial charge in [-0.05, 0) is 12.1 Å². The van der Waals surface area contributed by atoms with E-state index in [9.17, 15) is 27.2 Å². The molecular formula is C10H4F4N2O3. The van der Waals surface area contributed by atoms with Crippen LogP contribution in [0.5, 0.6) is 0 Å². The first-order valence-corrected chi connectivity index (χ1v) is 4.75. The highest BCUT2D eigenvalue weighted by atomic mass is 19.4. The number of anilines is 1. The van der Waals surface area contributed by atoms with Crippen molar-refractivity contribution in [2.45, 2.75) is 6.18 Å². The predicted molar refractivity (Wildman–Crippen MR) is 53.6 cm³/mol. The number of amides is 1. The predicted octanol–water partition coefficient (Wildman–Crippen LogP) is 1.81. The minimum Gasteiger partial charge on any atom is -0.410 e. The van der Waals surface area contributed by atoms with E-state index in [2.05, 4.69) is 5.16 Å². The zero-order chi connectivity index (χ0) is 14.4. The second-order valence-corrected chi connectivity index (χ2v) is 3.57. The number of benzene rings is 1. The van der Waals surface area contributed by atoms with Crippen LogP contribution in [0.25, 0.3) is 0 Å². The highest BCUT2D eigenvalue weighted by molar-refractivity contribution is 6.72. The monoisotopic (exact) mass is 276 g/mol. The molecule has 5 nitrogen and oxygen atoms in total. The fraction of sp³-hybridized carbons (Fsp3) is 0.100. The first-order chi connectivity index (χ1) is 8.77. The molecule has 100 valence electrons. The van der Waals surface area contributed by atoms with Gasteiger partial charge in [-0.15, -0.1) is 0 Å². The average molecular weight is 276 g/mol. The Bertz CT molecular complexity index is 622. The molecule has 1 heterocycles. The van der Waals surface area contributed by atoms with Gasteiger partial charge in [0.25, 0.3) is 5.91 Å². The van der Waals surface area contributed by atoms with Gasteiger partial charge >= 0.3 is 6.18 Å². The number of nitrogens with one attached hydrogen (secondary N) is 1. The zero-order valence-electron chi connectivity index (χ0n) is 8.88. The summed E-state index contributed by atoms with van der Waals surface area (Å²) in [5, 5.41) is 12.7. The minimum absolute atomic E-state index is 0.482. The van der Waals surface area contributed by atoms with Crippen LogP contribution in [-0.2, 0) is 11.0 Å². The molecule has 1 aliphatic rings. The molecule has 0 unspecified atom stereocenters. The number of oxime groups is 1. The number of hydrogen-bond acceptors (Lipinski definition) is 4. The summed E-state index contributed by atoms with van der Waals surface area (Å²) < 4.78 is 51.5. The summed E-state index contributed by atoms with van der Waals surface area (Å²) in [5.41, 5.74) is -4.52. The number of carbonyl (C=O) groups is 2. The van der Waals surface area contributed by atoms with Gasteiger partial charge in [0.2, 0.25) is 11.5 Å². The maximum Gasteiger partial charge on any atom is 0.420 e. The van der Waals surface area contributed by atoms with Crippen LogP contribution in [0.15, 0.2) is 17.3 Å². The summed E-state index contributed by atoms with van der Waals surface area (Å²) in [7, 11) is 0. The highest BCUT2D eigenvalue weighted by Crippen LogP contribution is 2.38. The van der Waals surface area contributed by atoms with E-state index in [1.165, 1.54) is 0 Å². The van der Waals surface area contributed by atoms with Crippen molar-refractivity contribution in [3.8, 4) is 0 Å². The molecule has 2 N–H and O–H groups in total. The van der Waals surface area contributed by atoms with Crippen molar-refractivity contribution in [2.75, 3.05) is 5.32 Å². The van der Waals surface area contributed by atoms with Crippen molar-refractivity contribution in [1.29, 1.82) is 0 Å². The van der Waals surface area contributed by atoms with Crippen LogP contribution in [0.3, 0.4) is 0 Å². The van der Waals surface area contributed by atoms with Crippen LogP contribution in [0.4, 0.5) is 23.2 Å².